The highest BCUT2D eigenvalue weighted by Crippen LogP contribution is 2.23. The van der Waals surface area contributed by atoms with Gasteiger partial charge in [-0.1, -0.05) is 6.07 Å². The summed E-state index contributed by atoms with van der Waals surface area (Å²) in [6, 6.07) is 10.1. The Morgan fingerprint density at radius 3 is 2.94 bits per heavy atom. The van der Waals surface area contributed by atoms with Crippen molar-refractivity contribution < 1.29 is 4.79 Å². The predicted octanol–water partition coefficient (Wildman–Crippen LogP) is 3.92. The molecule has 2 aromatic rings. The summed E-state index contributed by atoms with van der Waals surface area (Å²) in [5, 5.41) is 8.17. The number of carbonyl (C=O) groups is 1. The first-order valence-corrected chi connectivity index (χ1v) is 7.44. The minimum absolute atomic E-state index is 0.0380. The molecule has 0 aliphatic carbocycles. The number of carbonyl (C=O) groups excluding carboxylic acids is 1. The van der Waals surface area contributed by atoms with Crippen LogP contribution in [0.25, 0.3) is 0 Å². The molecule has 1 aromatic carbocycles. The molecule has 0 saturated heterocycles. The van der Waals surface area contributed by atoms with Gasteiger partial charge < -0.3 is 10.6 Å². The molecule has 0 aliphatic rings. The van der Waals surface area contributed by atoms with E-state index in [1.54, 1.807) is 11.3 Å². The number of anilines is 2. The van der Waals surface area contributed by atoms with Crippen molar-refractivity contribution in [2.75, 3.05) is 10.6 Å². The number of rotatable bonds is 4. The Labute approximate surface area is 124 Å². The first-order valence-electron chi connectivity index (χ1n) is 5.48. The van der Waals surface area contributed by atoms with Gasteiger partial charge in [0.2, 0.25) is 5.91 Å². The molecule has 94 valence electrons. The lowest BCUT2D eigenvalue weighted by molar-refractivity contribution is -0.114. The van der Waals surface area contributed by atoms with E-state index in [0.717, 1.165) is 16.3 Å². The molecule has 5 heteroatoms. The summed E-state index contributed by atoms with van der Waals surface area (Å²) in [5.74, 6) is -0.0380. The van der Waals surface area contributed by atoms with E-state index in [9.17, 15) is 4.79 Å². The Hall–Kier alpha value is -1.08. The molecule has 3 nitrogen and oxygen atoms in total. The molecule has 0 bridgehead atoms. The van der Waals surface area contributed by atoms with Crippen molar-refractivity contribution >= 4 is 51.2 Å². The van der Waals surface area contributed by atoms with Crippen molar-refractivity contribution in [2.24, 2.45) is 0 Å². The standard InChI is InChI=1S/C13H13IN2OS/c1-9(17)16-12-5-6-18-13(12)8-15-11-4-2-3-10(14)7-11/h2-7,15H,8H2,1H3,(H,16,17). The second kappa shape index (κ2) is 6.19. The van der Waals surface area contributed by atoms with E-state index in [4.69, 9.17) is 0 Å². The summed E-state index contributed by atoms with van der Waals surface area (Å²) >= 11 is 3.92. The van der Waals surface area contributed by atoms with Crippen LogP contribution in [-0.4, -0.2) is 5.91 Å². The van der Waals surface area contributed by atoms with Crippen molar-refractivity contribution in [1.82, 2.24) is 0 Å². The van der Waals surface area contributed by atoms with Gasteiger partial charge in [0.05, 0.1) is 12.2 Å². The maximum Gasteiger partial charge on any atom is 0.221 e. The number of amides is 1. The Kier molecular flexibility index (Phi) is 4.60. The van der Waals surface area contributed by atoms with Gasteiger partial charge in [0.1, 0.15) is 0 Å². The molecule has 0 spiro atoms. The van der Waals surface area contributed by atoms with E-state index >= 15 is 0 Å². The third-order valence-electron chi connectivity index (χ3n) is 2.33. The minimum Gasteiger partial charge on any atom is -0.380 e. The molecule has 1 amide bonds. The second-order valence-electron chi connectivity index (χ2n) is 3.80. The van der Waals surface area contributed by atoms with E-state index in [-0.39, 0.29) is 5.91 Å². The van der Waals surface area contributed by atoms with Gasteiger partial charge >= 0.3 is 0 Å². The molecule has 0 atom stereocenters. The molecule has 0 unspecified atom stereocenters. The molecule has 0 saturated carbocycles. The van der Waals surface area contributed by atoms with Crippen molar-refractivity contribution in [2.45, 2.75) is 13.5 Å². The van der Waals surface area contributed by atoms with Gasteiger partial charge in [-0.3, -0.25) is 4.79 Å². The average Bonchev–Trinajstić information content (AvgIpc) is 2.73. The molecule has 18 heavy (non-hydrogen) atoms. The van der Waals surface area contributed by atoms with E-state index in [2.05, 4.69) is 45.4 Å². The van der Waals surface area contributed by atoms with Crippen LogP contribution in [-0.2, 0) is 11.3 Å². The van der Waals surface area contributed by atoms with Gasteiger partial charge in [0.25, 0.3) is 0 Å². The highest BCUT2D eigenvalue weighted by molar-refractivity contribution is 14.1. The Balaban J connectivity index is 2.02. The van der Waals surface area contributed by atoms with Crippen molar-refractivity contribution in [3.63, 3.8) is 0 Å². The molecule has 0 fully saturated rings. The van der Waals surface area contributed by atoms with Crippen molar-refractivity contribution in [3.8, 4) is 0 Å². The zero-order valence-electron chi connectivity index (χ0n) is 9.87. The van der Waals surface area contributed by atoms with E-state index in [1.807, 2.05) is 23.6 Å². The zero-order valence-corrected chi connectivity index (χ0v) is 12.8. The summed E-state index contributed by atoms with van der Waals surface area (Å²) in [6.45, 7) is 2.24. The predicted molar refractivity (Wildman–Crippen MR) is 85.1 cm³/mol. The van der Waals surface area contributed by atoms with Crippen molar-refractivity contribution in [3.05, 3.63) is 44.2 Å². The minimum atomic E-state index is -0.0380. The Morgan fingerprint density at radius 1 is 1.39 bits per heavy atom. The monoisotopic (exact) mass is 372 g/mol. The van der Waals surface area contributed by atoms with Crippen LogP contribution in [0, 0.1) is 3.57 Å². The van der Waals surface area contributed by atoms with Gasteiger partial charge in [0, 0.05) is 21.1 Å². The summed E-state index contributed by atoms with van der Waals surface area (Å²) in [7, 11) is 0. The van der Waals surface area contributed by atoms with Gasteiger partial charge in [-0.05, 0) is 52.2 Å². The molecule has 0 aliphatic heterocycles. The highest BCUT2D eigenvalue weighted by atomic mass is 127. The van der Waals surface area contributed by atoms with Gasteiger partial charge in [-0.15, -0.1) is 11.3 Å². The largest absolute Gasteiger partial charge is 0.380 e. The molecule has 1 aromatic heterocycles. The Morgan fingerprint density at radius 2 is 2.22 bits per heavy atom. The third kappa shape index (κ3) is 3.71. The van der Waals surface area contributed by atoms with Crippen LogP contribution in [0.3, 0.4) is 0 Å². The lowest BCUT2D eigenvalue weighted by Gasteiger charge is -2.08. The van der Waals surface area contributed by atoms with E-state index in [0.29, 0.717) is 6.54 Å². The van der Waals surface area contributed by atoms with E-state index < -0.39 is 0 Å². The normalized spacial score (nSPS) is 10.1. The fourth-order valence-electron chi connectivity index (χ4n) is 1.56. The second-order valence-corrected chi connectivity index (χ2v) is 6.05. The number of hydrogen-bond acceptors (Lipinski definition) is 3. The fraction of sp³-hybridized carbons (Fsp3) is 0.154. The topological polar surface area (TPSA) is 41.1 Å². The average molecular weight is 372 g/mol. The SMILES string of the molecule is CC(=O)Nc1ccsc1CNc1cccc(I)c1. The number of halogens is 1. The molecule has 1 heterocycles. The van der Waals surface area contributed by atoms with Crippen LogP contribution in [0.4, 0.5) is 11.4 Å². The number of benzene rings is 1. The summed E-state index contributed by atoms with van der Waals surface area (Å²) in [4.78, 5) is 12.2. The Bertz CT molecular complexity index is 553. The van der Waals surface area contributed by atoms with Crippen LogP contribution >= 0.6 is 33.9 Å². The highest BCUT2D eigenvalue weighted by Gasteiger charge is 2.05. The lowest BCUT2D eigenvalue weighted by Crippen LogP contribution is -2.08. The first-order chi connectivity index (χ1) is 8.65. The third-order valence-corrected chi connectivity index (χ3v) is 3.93. The van der Waals surface area contributed by atoms with Crippen molar-refractivity contribution in [1.29, 1.82) is 0 Å². The van der Waals surface area contributed by atoms with E-state index in [1.165, 1.54) is 10.5 Å². The smallest absolute Gasteiger partial charge is 0.221 e. The van der Waals surface area contributed by atoms with Crippen LogP contribution < -0.4 is 10.6 Å². The summed E-state index contributed by atoms with van der Waals surface area (Å²) in [5.41, 5.74) is 1.98. The fourth-order valence-corrected chi connectivity index (χ4v) is 2.87. The number of thiophene rings is 1. The molecule has 2 rings (SSSR count). The van der Waals surface area contributed by atoms with Gasteiger partial charge in [0.15, 0.2) is 0 Å². The summed E-state index contributed by atoms with van der Waals surface area (Å²) in [6.07, 6.45) is 0. The quantitative estimate of drug-likeness (QED) is 0.799. The molecule has 0 radical (unpaired) electrons. The summed E-state index contributed by atoms with van der Waals surface area (Å²) < 4.78 is 1.20. The number of nitrogens with one attached hydrogen (secondary N) is 2. The first kappa shape index (κ1) is 13.4. The zero-order chi connectivity index (χ0) is 13.0. The van der Waals surface area contributed by atoms with Crippen LogP contribution in [0.5, 0.6) is 0 Å². The van der Waals surface area contributed by atoms with Crippen LogP contribution in [0.15, 0.2) is 35.7 Å². The lowest BCUT2D eigenvalue weighted by atomic mass is 10.3. The molecule has 2 N–H and O–H groups in total. The maximum atomic E-state index is 11.1. The molecular formula is C13H13IN2OS. The maximum absolute atomic E-state index is 11.1. The number of hydrogen-bond donors (Lipinski definition) is 2. The van der Waals surface area contributed by atoms with Crippen LogP contribution in [0.1, 0.15) is 11.8 Å². The van der Waals surface area contributed by atoms with Gasteiger partial charge in [-0.25, -0.2) is 0 Å². The van der Waals surface area contributed by atoms with Gasteiger partial charge in [-0.2, -0.15) is 0 Å². The van der Waals surface area contributed by atoms with Crippen LogP contribution in [0.2, 0.25) is 0 Å². The molecular weight excluding hydrogens is 359 g/mol.